The molecule has 38 heavy (non-hydrogen) atoms. The summed E-state index contributed by atoms with van der Waals surface area (Å²) in [6, 6.07) is 26.5. The molecule has 0 unspecified atom stereocenters. The molecule has 3 N–H and O–H groups in total. The fourth-order valence-electron chi connectivity index (χ4n) is 4.12. The molecule has 0 aliphatic heterocycles. The van der Waals surface area contributed by atoms with Crippen LogP contribution in [0.1, 0.15) is 21.5 Å². The number of amides is 2. The minimum Gasteiger partial charge on any atom is -0.465 e. The van der Waals surface area contributed by atoms with Crippen molar-refractivity contribution in [1.82, 2.24) is 25.6 Å². The van der Waals surface area contributed by atoms with Crippen molar-refractivity contribution in [3.05, 3.63) is 114 Å². The fourth-order valence-corrected chi connectivity index (χ4v) is 4.12. The molecule has 188 valence electrons. The Morgan fingerprint density at radius 3 is 2.18 bits per heavy atom. The molecular formula is C30H25N5O3. The molecule has 0 saturated carbocycles. The number of aromatic nitrogens is 3. The van der Waals surface area contributed by atoms with Gasteiger partial charge in [-0.3, -0.25) is 9.78 Å². The van der Waals surface area contributed by atoms with Gasteiger partial charge in [-0.15, -0.1) is 0 Å². The monoisotopic (exact) mass is 503 g/mol. The zero-order chi connectivity index (χ0) is 26.3. The summed E-state index contributed by atoms with van der Waals surface area (Å²) in [6.45, 7) is 0.708. The number of nitrogens with one attached hydrogen (secondary N) is 2. The van der Waals surface area contributed by atoms with Gasteiger partial charge in [-0.2, -0.15) is 0 Å². The van der Waals surface area contributed by atoms with Crippen LogP contribution in [0.15, 0.2) is 97.3 Å². The van der Waals surface area contributed by atoms with Crippen LogP contribution in [0.5, 0.6) is 0 Å². The largest absolute Gasteiger partial charge is 0.465 e. The summed E-state index contributed by atoms with van der Waals surface area (Å²) in [5, 5.41) is 14.2. The lowest BCUT2D eigenvalue weighted by atomic mass is 10.0. The molecule has 0 atom stereocenters. The Morgan fingerprint density at radius 1 is 0.737 bits per heavy atom. The Bertz CT molecular complexity index is 1570. The Morgan fingerprint density at radius 2 is 1.47 bits per heavy atom. The van der Waals surface area contributed by atoms with Gasteiger partial charge >= 0.3 is 6.09 Å². The van der Waals surface area contributed by atoms with E-state index in [0.29, 0.717) is 35.3 Å². The first kappa shape index (κ1) is 24.6. The van der Waals surface area contributed by atoms with E-state index < -0.39 is 6.09 Å². The predicted molar refractivity (Wildman–Crippen MR) is 146 cm³/mol. The summed E-state index contributed by atoms with van der Waals surface area (Å²) < 4.78 is 0. The summed E-state index contributed by atoms with van der Waals surface area (Å²) in [5.41, 5.74) is 6.84. The van der Waals surface area contributed by atoms with Gasteiger partial charge in [0, 0.05) is 42.2 Å². The molecule has 0 radical (unpaired) electrons. The first-order valence-corrected chi connectivity index (χ1v) is 12.2. The second-order valence-electron chi connectivity index (χ2n) is 8.71. The average molecular weight is 504 g/mol. The molecule has 0 aliphatic rings. The minimum absolute atomic E-state index is 0.179. The van der Waals surface area contributed by atoms with E-state index >= 15 is 0 Å². The van der Waals surface area contributed by atoms with E-state index in [9.17, 15) is 9.59 Å². The van der Waals surface area contributed by atoms with Crippen molar-refractivity contribution in [3.63, 3.8) is 0 Å². The van der Waals surface area contributed by atoms with Crippen molar-refractivity contribution in [2.75, 3.05) is 6.54 Å². The minimum atomic E-state index is -1.07. The highest BCUT2D eigenvalue weighted by atomic mass is 16.4. The van der Waals surface area contributed by atoms with E-state index in [1.54, 1.807) is 24.5 Å². The van der Waals surface area contributed by atoms with Crippen molar-refractivity contribution in [2.24, 2.45) is 0 Å². The summed E-state index contributed by atoms with van der Waals surface area (Å²) in [7, 11) is 0. The highest BCUT2D eigenvalue weighted by molar-refractivity contribution is 5.98. The van der Waals surface area contributed by atoms with E-state index in [-0.39, 0.29) is 12.5 Å². The van der Waals surface area contributed by atoms with Gasteiger partial charge in [-0.05, 0) is 41.8 Å². The van der Waals surface area contributed by atoms with Crippen LogP contribution in [0.2, 0.25) is 0 Å². The molecule has 0 fully saturated rings. The highest BCUT2D eigenvalue weighted by Crippen LogP contribution is 2.31. The maximum Gasteiger partial charge on any atom is 0.404 e. The van der Waals surface area contributed by atoms with Gasteiger partial charge in [0.25, 0.3) is 5.91 Å². The molecule has 2 heterocycles. The van der Waals surface area contributed by atoms with Crippen molar-refractivity contribution < 1.29 is 14.7 Å². The number of fused-ring (bicyclic) bond motifs is 1. The lowest BCUT2D eigenvalue weighted by Gasteiger charge is -2.12. The van der Waals surface area contributed by atoms with Crippen LogP contribution in [0.3, 0.4) is 0 Å². The second kappa shape index (κ2) is 11.3. The maximum atomic E-state index is 12.8. The SMILES string of the molecule is O=C(O)NCc1ccc(-c2nc3cc(C(=O)NCCc4cccnc4)ccc3nc2-c2ccccc2)cc1. The van der Waals surface area contributed by atoms with Gasteiger partial charge in [0.05, 0.1) is 22.4 Å². The Balaban J connectivity index is 1.45. The number of hydrogen-bond acceptors (Lipinski definition) is 5. The second-order valence-corrected chi connectivity index (χ2v) is 8.71. The van der Waals surface area contributed by atoms with Crippen LogP contribution < -0.4 is 10.6 Å². The molecule has 0 spiro atoms. The molecule has 5 rings (SSSR count). The first-order valence-electron chi connectivity index (χ1n) is 12.2. The van der Waals surface area contributed by atoms with Gasteiger partial charge < -0.3 is 15.7 Å². The number of carbonyl (C=O) groups excluding carboxylic acids is 1. The van der Waals surface area contributed by atoms with Crippen LogP contribution in [-0.2, 0) is 13.0 Å². The third-order valence-electron chi connectivity index (χ3n) is 6.07. The summed E-state index contributed by atoms with van der Waals surface area (Å²) >= 11 is 0. The molecule has 8 nitrogen and oxygen atoms in total. The molecule has 5 aromatic rings. The van der Waals surface area contributed by atoms with Gasteiger partial charge in [0.15, 0.2) is 0 Å². The van der Waals surface area contributed by atoms with Crippen LogP contribution in [-0.4, -0.2) is 38.6 Å². The number of benzene rings is 3. The first-order chi connectivity index (χ1) is 18.6. The van der Waals surface area contributed by atoms with E-state index in [2.05, 4.69) is 15.6 Å². The highest BCUT2D eigenvalue weighted by Gasteiger charge is 2.15. The average Bonchev–Trinajstić information content (AvgIpc) is 2.96. The smallest absolute Gasteiger partial charge is 0.404 e. The third kappa shape index (κ3) is 5.82. The number of rotatable bonds is 8. The molecule has 3 aromatic carbocycles. The molecule has 0 aliphatic carbocycles. The Hall–Kier alpha value is -5.11. The van der Waals surface area contributed by atoms with Gasteiger partial charge in [0.1, 0.15) is 0 Å². The molecular weight excluding hydrogens is 478 g/mol. The van der Waals surface area contributed by atoms with Gasteiger partial charge in [-0.1, -0.05) is 60.7 Å². The van der Waals surface area contributed by atoms with Gasteiger partial charge in [0.2, 0.25) is 0 Å². The van der Waals surface area contributed by atoms with Crippen LogP contribution in [0, 0.1) is 0 Å². The summed E-state index contributed by atoms with van der Waals surface area (Å²) in [6.07, 6.45) is 3.13. The van der Waals surface area contributed by atoms with Crippen LogP contribution >= 0.6 is 0 Å². The van der Waals surface area contributed by atoms with Gasteiger partial charge in [-0.25, -0.2) is 14.8 Å². The summed E-state index contributed by atoms with van der Waals surface area (Å²) in [5.74, 6) is -0.179. The number of nitrogens with zero attached hydrogens (tertiary/aromatic N) is 3. The molecule has 0 saturated heterocycles. The number of carboxylic acid groups (broad SMARTS) is 1. The molecule has 0 bridgehead atoms. The molecule has 2 amide bonds. The van der Waals surface area contributed by atoms with E-state index in [4.69, 9.17) is 15.1 Å². The Labute approximate surface area is 219 Å². The number of hydrogen-bond donors (Lipinski definition) is 3. The fraction of sp³-hybridized carbons (Fsp3) is 0.100. The number of carbonyl (C=O) groups is 2. The predicted octanol–water partition coefficient (Wildman–Crippen LogP) is 5.10. The Kier molecular flexibility index (Phi) is 7.31. The molecule has 2 aromatic heterocycles. The van der Waals surface area contributed by atoms with Crippen LogP contribution in [0.25, 0.3) is 33.5 Å². The van der Waals surface area contributed by atoms with Crippen molar-refractivity contribution in [2.45, 2.75) is 13.0 Å². The van der Waals surface area contributed by atoms with Crippen LogP contribution in [0.4, 0.5) is 4.79 Å². The van der Waals surface area contributed by atoms with Crippen molar-refractivity contribution >= 4 is 23.0 Å². The zero-order valence-corrected chi connectivity index (χ0v) is 20.5. The standard InChI is InChI=1S/C30H25N5O3/c36-29(32-16-14-20-5-4-15-31-18-20)24-12-13-25-26(17-24)35-28(27(34-25)22-6-2-1-3-7-22)23-10-8-21(9-11-23)19-33-30(37)38/h1-13,15,17-18,33H,14,16,19H2,(H,32,36)(H,37,38). The van der Waals surface area contributed by atoms with E-state index in [1.165, 1.54) is 0 Å². The van der Waals surface area contributed by atoms with E-state index in [1.807, 2.05) is 72.8 Å². The zero-order valence-electron chi connectivity index (χ0n) is 20.5. The molecule has 8 heteroatoms. The lowest BCUT2D eigenvalue weighted by molar-refractivity contribution is 0.0954. The quantitative estimate of drug-likeness (QED) is 0.271. The number of pyridine rings is 1. The van der Waals surface area contributed by atoms with E-state index in [0.717, 1.165) is 27.9 Å². The third-order valence-corrected chi connectivity index (χ3v) is 6.07. The summed E-state index contributed by atoms with van der Waals surface area (Å²) in [4.78, 5) is 37.6. The normalized spacial score (nSPS) is 10.7. The lowest BCUT2D eigenvalue weighted by Crippen LogP contribution is -2.25. The topological polar surface area (TPSA) is 117 Å². The van der Waals surface area contributed by atoms with Crippen molar-refractivity contribution in [1.29, 1.82) is 0 Å². The van der Waals surface area contributed by atoms with Crippen molar-refractivity contribution in [3.8, 4) is 22.5 Å². The maximum absolute atomic E-state index is 12.8.